The number of rotatable bonds is 3. The van der Waals surface area contributed by atoms with Crippen LogP contribution in [0, 0.1) is 11.7 Å². The normalized spacial score (nSPS) is 11.5. The van der Waals surface area contributed by atoms with E-state index in [1.54, 1.807) is 6.07 Å². The van der Waals surface area contributed by atoms with Gasteiger partial charge in [0.1, 0.15) is 5.82 Å². The summed E-state index contributed by atoms with van der Waals surface area (Å²) >= 11 is 0. The van der Waals surface area contributed by atoms with E-state index in [9.17, 15) is 4.39 Å². The molecule has 0 saturated heterocycles. The van der Waals surface area contributed by atoms with Crippen molar-refractivity contribution in [2.24, 2.45) is 5.92 Å². The molecule has 0 aliphatic rings. The molecule has 1 rings (SSSR count). The average Bonchev–Trinajstić information content (AvgIpc) is 2.16. The van der Waals surface area contributed by atoms with Crippen LogP contribution in [0.15, 0.2) is 24.3 Å². The quantitative estimate of drug-likeness (QED) is 0.677. The molecule has 0 spiro atoms. The SMILES string of the molecule is CCc1ccc(F)c(/C=C\C(C)C)c1. The Morgan fingerprint density at radius 2 is 2.07 bits per heavy atom. The van der Waals surface area contributed by atoms with Crippen molar-refractivity contribution in [3.63, 3.8) is 0 Å². The summed E-state index contributed by atoms with van der Waals surface area (Å²) in [6.45, 7) is 6.24. The van der Waals surface area contributed by atoms with Crippen molar-refractivity contribution in [1.29, 1.82) is 0 Å². The highest BCUT2D eigenvalue weighted by Crippen LogP contribution is 2.13. The third-order valence-corrected chi connectivity index (χ3v) is 2.13. The first-order chi connectivity index (χ1) is 6.63. The first-order valence-corrected chi connectivity index (χ1v) is 5.10. The van der Waals surface area contributed by atoms with Crippen molar-refractivity contribution in [3.8, 4) is 0 Å². The second-order valence-electron chi connectivity index (χ2n) is 3.81. The third kappa shape index (κ3) is 2.99. The summed E-state index contributed by atoms with van der Waals surface area (Å²) < 4.78 is 13.3. The molecule has 0 unspecified atom stereocenters. The molecule has 0 aliphatic carbocycles. The number of benzene rings is 1. The fraction of sp³-hybridized carbons (Fsp3) is 0.385. The fourth-order valence-corrected chi connectivity index (χ4v) is 1.24. The molecule has 1 heteroatoms. The zero-order valence-corrected chi connectivity index (χ0v) is 9.05. The van der Waals surface area contributed by atoms with Crippen molar-refractivity contribution in [2.75, 3.05) is 0 Å². The number of allylic oxidation sites excluding steroid dienone is 1. The van der Waals surface area contributed by atoms with Gasteiger partial charge in [0.05, 0.1) is 0 Å². The lowest BCUT2D eigenvalue weighted by atomic mass is 10.1. The van der Waals surface area contributed by atoms with Gasteiger partial charge in [0, 0.05) is 5.56 Å². The maximum Gasteiger partial charge on any atom is 0.130 e. The van der Waals surface area contributed by atoms with Crippen LogP contribution in [0.4, 0.5) is 4.39 Å². The molecule has 76 valence electrons. The van der Waals surface area contributed by atoms with Gasteiger partial charge in [-0.15, -0.1) is 0 Å². The van der Waals surface area contributed by atoms with Crippen LogP contribution in [0.2, 0.25) is 0 Å². The number of hydrogen-bond acceptors (Lipinski definition) is 0. The van der Waals surface area contributed by atoms with Gasteiger partial charge >= 0.3 is 0 Å². The second kappa shape index (κ2) is 4.94. The Hall–Kier alpha value is -1.11. The van der Waals surface area contributed by atoms with E-state index in [2.05, 4.69) is 20.8 Å². The Balaban J connectivity index is 2.94. The van der Waals surface area contributed by atoms with Crippen molar-refractivity contribution >= 4 is 6.08 Å². The van der Waals surface area contributed by atoms with Crippen LogP contribution in [0.25, 0.3) is 6.08 Å². The molecule has 0 heterocycles. The lowest BCUT2D eigenvalue weighted by Crippen LogP contribution is -1.87. The van der Waals surface area contributed by atoms with E-state index in [1.165, 1.54) is 5.56 Å². The molecule has 0 amide bonds. The summed E-state index contributed by atoms with van der Waals surface area (Å²) in [6.07, 6.45) is 4.82. The predicted molar refractivity (Wildman–Crippen MR) is 59.7 cm³/mol. The van der Waals surface area contributed by atoms with Gasteiger partial charge in [0.15, 0.2) is 0 Å². The van der Waals surface area contributed by atoms with Gasteiger partial charge in [-0.3, -0.25) is 0 Å². The largest absolute Gasteiger partial charge is 0.206 e. The summed E-state index contributed by atoms with van der Waals surface area (Å²) in [6, 6.07) is 5.29. The van der Waals surface area contributed by atoms with Gasteiger partial charge in [-0.1, -0.05) is 39.0 Å². The Kier molecular flexibility index (Phi) is 3.87. The Bertz CT molecular complexity index is 324. The molecular formula is C13H17F. The first kappa shape index (κ1) is 11.0. The minimum atomic E-state index is -0.140. The highest BCUT2D eigenvalue weighted by atomic mass is 19.1. The molecule has 0 aromatic heterocycles. The molecule has 0 atom stereocenters. The topological polar surface area (TPSA) is 0 Å². The van der Waals surface area contributed by atoms with Crippen molar-refractivity contribution in [1.82, 2.24) is 0 Å². The Morgan fingerprint density at radius 3 is 2.64 bits per heavy atom. The van der Waals surface area contributed by atoms with E-state index in [0.29, 0.717) is 11.5 Å². The van der Waals surface area contributed by atoms with Crippen LogP contribution < -0.4 is 0 Å². The molecule has 14 heavy (non-hydrogen) atoms. The van der Waals surface area contributed by atoms with E-state index in [0.717, 1.165) is 6.42 Å². The van der Waals surface area contributed by atoms with E-state index in [-0.39, 0.29) is 5.82 Å². The standard InChI is InChI=1S/C13H17F/c1-4-11-6-8-13(14)12(9-11)7-5-10(2)3/h5-10H,4H2,1-3H3/b7-5-. The molecule has 0 saturated carbocycles. The zero-order valence-electron chi connectivity index (χ0n) is 9.05. The van der Waals surface area contributed by atoms with Crippen molar-refractivity contribution < 1.29 is 4.39 Å². The molecule has 0 aliphatic heterocycles. The summed E-state index contributed by atoms with van der Waals surface area (Å²) in [7, 11) is 0. The van der Waals surface area contributed by atoms with Crippen LogP contribution in [-0.4, -0.2) is 0 Å². The summed E-state index contributed by atoms with van der Waals surface area (Å²) in [4.78, 5) is 0. The van der Waals surface area contributed by atoms with Crippen LogP contribution in [0.5, 0.6) is 0 Å². The number of halogens is 1. The molecule has 0 nitrogen and oxygen atoms in total. The smallest absolute Gasteiger partial charge is 0.130 e. The third-order valence-electron chi connectivity index (χ3n) is 2.13. The van der Waals surface area contributed by atoms with Crippen LogP contribution in [0.1, 0.15) is 31.9 Å². The van der Waals surface area contributed by atoms with Gasteiger partial charge in [-0.05, 0) is 30.0 Å². The average molecular weight is 192 g/mol. The maximum absolute atomic E-state index is 13.3. The first-order valence-electron chi connectivity index (χ1n) is 5.10. The number of hydrogen-bond donors (Lipinski definition) is 0. The summed E-state index contributed by atoms with van der Waals surface area (Å²) in [5, 5.41) is 0. The minimum Gasteiger partial charge on any atom is -0.206 e. The second-order valence-corrected chi connectivity index (χ2v) is 3.81. The lowest BCUT2D eigenvalue weighted by molar-refractivity contribution is 0.624. The fourth-order valence-electron chi connectivity index (χ4n) is 1.24. The maximum atomic E-state index is 13.3. The zero-order chi connectivity index (χ0) is 10.6. The monoisotopic (exact) mass is 192 g/mol. The van der Waals surface area contributed by atoms with Crippen molar-refractivity contribution in [2.45, 2.75) is 27.2 Å². The molecule has 0 fully saturated rings. The molecule has 1 aromatic carbocycles. The Morgan fingerprint density at radius 1 is 1.36 bits per heavy atom. The van der Waals surface area contributed by atoms with Gasteiger partial charge in [-0.2, -0.15) is 0 Å². The van der Waals surface area contributed by atoms with Crippen LogP contribution in [-0.2, 0) is 6.42 Å². The molecular weight excluding hydrogens is 175 g/mol. The highest BCUT2D eigenvalue weighted by Gasteiger charge is 1.99. The highest BCUT2D eigenvalue weighted by molar-refractivity contribution is 5.51. The minimum absolute atomic E-state index is 0.140. The van der Waals surface area contributed by atoms with Crippen molar-refractivity contribution in [3.05, 3.63) is 41.2 Å². The van der Waals surface area contributed by atoms with Gasteiger partial charge < -0.3 is 0 Å². The van der Waals surface area contributed by atoms with E-state index >= 15 is 0 Å². The van der Waals surface area contributed by atoms with E-state index < -0.39 is 0 Å². The number of aryl methyl sites for hydroxylation is 1. The molecule has 0 N–H and O–H groups in total. The van der Waals surface area contributed by atoms with Crippen LogP contribution >= 0.6 is 0 Å². The van der Waals surface area contributed by atoms with E-state index in [4.69, 9.17) is 0 Å². The summed E-state index contributed by atoms with van der Waals surface area (Å²) in [5.74, 6) is 0.318. The lowest BCUT2D eigenvalue weighted by Gasteiger charge is -2.01. The van der Waals surface area contributed by atoms with Gasteiger partial charge in [0.2, 0.25) is 0 Å². The molecule has 1 aromatic rings. The van der Waals surface area contributed by atoms with Crippen LogP contribution in [0.3, 0.4) is 0 Å². The molecule has 0 radical (unpaired) electrons. The van der Waals surface area contributed by atoms with Gasteiger partial charge in [-0.25, -0.2) is 4.39 Å². The summed E-state index contributed by atoms with van der Waals surface area (Å²) in [5.41, 5.74) is 1.87. The van der Waals surface area contributed by atoms with Gasteiger partial charge in [0.25, 0.3) is 0 Å². The predicted octanol–water partition coefficient (Wildman–Crippen LogP) is 4.06. The Labute approximate surface area is 85.5 Å². The van der Waals surface area contributed by atoms with E-state index in [1.807, 2.05) is 24.3 Å². The molecule has 0 bridgehead atoms.